The number of aryl methyl sites for hydroxylation is 2. The highest BCUT2D eigenvalue weighted by atomic mass is 16.3. The standard InChI is InChI=1S/C11H20N4O/c1-3-8-10(12)11(15(2)14-8)13-6-9(16)7-4-5-7/h7,9,13,16H,3-6,12H2,1-2H3. The molecule has 0 bridgehead atoms. The fourth-order valence-electron chi connectivity index (χ4n) is 1.92. The van der Waals surface area contributed by atoms with Crippen LogP contribution in [0, 0.1) is 5.92 Å². The second-order valence-corrected chi connectivity index (χ2v) is 4.47. The van der Waals surface area contributed by atoms with Gasteiger partial charge in [-0.3, -0.25) is 4.68 Å². The third-order valence-electron chi connectivity index (χ3n) is 3.14. The second kappa shape index (κ2) is 4.33. The smallest absolute Gasteiger partial charge is 0.147 e. The highest BCUT2D eigenvalue weighted by Gasteiger charge is 2.29. The fraction of sp³-hybridized carbons (Fsp3) is 0.727. The molecule has 5 heteroatoms. The Morgan fingerprint density at radius 1 is 1.62 bits per heavy atom. The summed E-state index contributed by atoms with van der Waals surface area (Å²) in [5.74, 6) is 1.30. The van der Waals surface area contributed by atoms with Gasteiger partial charge in [-0.05, 0) is 25.2 Å². The number of nitrogens with two attached hydrogens (primary N) is 1. The Balaban J connectivity index is 1.99. The van der Waals surface area contributed by atoms with Crippen LogP contribution in [0.25, 0.3) is 0 Å². The number of aromatic nitrogens is 2. The Morgan fingerprint density at radius 3 is 2.81 bits per heavy atom. The van der Waals surface area contributed by atoms with Crippen LogP contribution in [0.1, 0.15) is 25.5 Å². The number of hydrogen-bond donors (Lipinski definition) is 3. The first-order valence-corrected chi connectivity index (χ1v) is 5.86. The molecule has 1 aromatic rings. The van der Waals surface area contributed by atoms with Crippen LogP contribution in [0.3, 0.4) is 0 Å². The van der Waals surface area contributed by atoms with Crippen LogP contribution >= 0.6 is 0 Å². The number of aliphatic hydroxyl groups is 1. The first kappa shape index (κ1) is 11.3. The van der Waals surface area contributed by atoms with Gasteiger partial charge in [0, 0.05) is 13.6 Å². The Morgan fingerprint density at radius 2 is 2.31 bits per heavy atom. The molecule has 1 heterocycles. The monoisotopic (exact) mass is 224 g/mol. The maximum Gasteiger partial charge on any atom is 0.147 e. The summed E-state index contributed by atoms with van der Waals surface area (Å²) in [5, 5.41) is 17.3. The van der Waals surface area contributed by atoms with Gasteiger partial charge in [-0.25, -0.2) is 0 Å². The van der Waals surface area contributed by atoms with Gasteiger partial charge in [0.05, 0.1) is 17.5 Å². The minimum atomic E-state index is -0.264. The van der Waals surface area contributed by atoms with Crippen molar-refractivity contribution in [2.24, 2.45) is 13.0 Å². The minimum absolute atomic E-state index is 0.264. The molecule has 0 radical (unpaired) electrons. The SMILES string of the molecule is CCc1nn(C)c(NCC(O)C2CC2)c1N. The van der Waals surface area contributed by atoms with Crippen LogP contribution in [-0.2, 0) is 13.5 Å². The van der Waals surface area contributed by atoms with E-state index in [-0.39, 0.29) is 6.10 Å². The van der Waals surface area contributed by atoms with E-state index in [0.717, 1.165) is 30.8 Å². The zero-order chi connectivity index (χ0) is 11.7. The molecule has 5 nitrogen and oxygen atoms in total. The number of anilines is 2. The van der Waals surface area contributed by atoms with Gasteiger partial charge in [-0.2, -0.15) is 5.10 Å². The first-order chi connectivity index (χ1) is 7.63. The van der Waals surface area contributed by atoms with Gasteiger partial charge in [0.1, 0.15) is 5.82 Å². The molecule has 0 aliphatic heterocycles. The molecule has 4 N–H and O–H groups in total. The number of hydrogen-bond acceptors (Lipinski definition) is 4. The Bertz CT molecular complexity index is 370. The van der Waals surface area contributed by atoms with E-state index in [4.69, 9.17) is 5.73 Å². The van der Waals surface area contributed by atoms with Crippen molar-refractivity contribution in [1.29, 1.82) is 0 Å². The molecule has 0 amide bonds. The van der Waals surface area contributed by atoms with E-state index in [1.807, 2.05) is 14.0 Å². The van der Waals surface area contributed by atoms with Gasteiger partial charge in [-0.1, -0.05) is 6.92 Å². The van der Waals surface area contributed by atoms with Gasteiger partial charge < -0.3 is 16.2 Å². The Kier molecular flexibility index (Phi) is 3.05. The van der Waals surface area contributed by atoms with Crippen LogP contribution in [0.5, 0.6) is 0 Å². The Hall–Kier alpha value is -1.23. The average molecular weight is 224 g/mol. The quantitative estimate of drug-likeness (QED) is 0.689. The third kappa shape index (κ3) is 2.14. The molecule has 1 aliphatic rings. The molecule has 1 aliphatic carbocycles. The molecule has 1 saturated carbocycles. The van der Waals surface area contributed by atoms with Gasteiger partial charge in [0.15, 0.2) is 0 Å². The van der Waals surface area contributed by atoms with E-state index in [1.54, 1.807) is 4.68 Å². The third-order valence-corrected chi connectivity index (χ3v) is 3.14. The van der Waals surface area contributed by atoms with Crippen LogP contribution in [0.15, 0.2) is 0 Å². The predicted molar refractivity (Wildman–Crippen MR) is 64.2 cm³/mol. The normalized spacial score (nSPS) is 17.4. The van der Waals surface area contributed by atoms with Crippen LogP contribution < -0.4 is 11.1 Å². The van der Waals surface area contributed by atoms with Gasteiger partial charge in [0.25, 0.3) is 0 Å². The first-order valence-electron chi connectivity index (χ1n) is 5.86. The van der Waals surface area contributed by atoms with Crippen molar-refractivity contribution in [3.63, 3.8) is 0 Å². The van der Waals surface area contributed by atoms with E-state index in [9.17, 15) is 5.11 Å². The summed E-state index contributed by atoms with van der Waals surface area (Å²) >= 11 is 0. The number of aliphatic hydroxyl groups excluding tert-OH is 1. The molecule has 1 fully saturated rings. The number of nitrogen functional groups attached to an aromatic ring is 1. The van der Waals surface area contributed by atoms with E-state index >= 15 is 0 Å². The van der Waals surface area contributed by atoms with Crippen molar-refractivity contribution in [2.45, 2.75) is 32.3 Å². The van der Waals surface area contributed by atoms with Crippen molar-refractivity contribution in [3.8, 4) is 0 Å². The molecule has 0 aromatic carbocycles. The van der Waals surface area contributed by atoms with Crippen molar-refractivity contribution in [2.75, 3.05) is 17.6 Å². The summed E-state index contributed by atoms with van der Waals surface area (Å²) in [6, 6.07) is 0. The van der Waals surface area contributed by atoms with Crippen molar-refractivity contribution >= 4 is 11.5 Å². The zero-order valence-corrected chi connectivity index (χ0v) is 9.90. The number of nitrogens with zero attached hydrogens (tertiary/aromatic N) is 2. The van der Waals surface area contributed by atoms with Crippen LogP contribution in [-0.4, -0.2) is 27.5 Å². The lowest BCUT2D eigenvalue weighted by Crippen LogP contribution is -2.22. The van der Waals surface area contributed by atoms with Crippen molar-refractivity contribution in [1.82, 2.24) is 9.78 Å². The van der Waals surface area contributed by atoms with E-state index in [1.165, 1.54) is 0 Å². The maximum absolute atomic E-state index is 9.76. The molecule has 0 saturated heterocycles. The van der Waals surface area contributed by atoms with E-state index in [0.29, 0.717) is 18.2 Å². The van der Waals surface area contributed by atoms with Crippen molar-refractivity contribution in [3.05, 3.63) is 5.69 Å². The fourth-order valence-corrected chi connectivity index (χ4v) is 1.92. The van der Waals surface area contributed by atoms with Gasteiger partial charge in [0.2, 0.25) is 0 Å². The number of nitrogens with one attached hydrogen (secondary N) is 1. The predicted octanol–water partition coefficient (Wildman–Crippen LogP) is 0.747. The lowest BCUT2D eigenvalue weighted by Gasteiger charge is -2.12. The highest BCUT2D eigenvalue weighted by molar-refractivity contribution is 5.65. The Labute approximate surface area is 95.6 Å². The number of rotatable bonds is 5. The summed E-state index contributed by atoms with van der Waals surface area (Å²) in [6.07, 6.45) is 2.85. The van der Waals surface area contributed by atoms with E-state index < -0.39 is 0 Å². The van der Waals surface area contributed by atoms with Crippen molar-refractivity contribution < 1.29 is 5.11 Å². The van der Waals surface area contributed by atoms with Gasteiger partial charge >= 0.3 is 0 Å². The summed E-state index contributed by atoms with van der Waals surface area (Å²) in [4.78, 5) is 0. The summed E-state index contributed by atoms with van der Waals surface area (Å²) in [6.45, 7) is 2.58. The second-order valence-electron chi connectivity index (χ2n) is 4.47. The highest BCUT2D eigenvalue weighted by Crippen LogP contribution is 2.33. The molecule has 16 heavy (non-hydrogen) atoms. The molecule has 2 rings (SSSR count). The molecule has 0 spiro atoms. The molecule has 1 atom stereocenters. The minimum Gasteiger partial charge on any atom is -0.394 e. The molecule has 90 valence electrons. The summed E-state index contributed by atoms with van der Waals surface area (Å²) < 4.78 is 1.74. The average Bonchev–Trinajstić information content (AvgIpc) is 3.05. The van der Waals surface area contributed by atoms with Crippen LogP contribution in [0.2, 0.25) is 0 Å². The lowest BCUT2D eigenvalue weighted by molar-refractivity contribution is 0.164. The zero-order valence-electron chi connectivity index (χ0n) is 9.90. The largest absolute Gasteiger partial charge is 0.394 e. The molecule has 1 unspecified atom stereocenters. The van der Waals surface area contributed by atoms with E-state index in [2.05, 4.69) is 10.4 Å². The van der Waals surface area contributed by atoms with Gasteiger partial charge in [-0.15, -0.1) is 0 Å². The topological polar surface area (TPSA) is 76.1 Å². The summed E-state index contributed by atoms with van der Waals surface area (Å²) in [7, 11) is 1.86. The van der Waals surface area contributed by atoms with Crippen LogP contribution in [0.4, 0.5) is 11.5 Å². The lowest BCUT2D eigenvalue weighted by atomic mass is 10.2. The molecular formula is C11H20N4O. The summed E-state index contributed by atoms with van der Waals surface area (Å²) in [5.41, 5.74) is 7.58. The molecular weight excluding hydrogens is 204 g/mol. The maximum atomic E-state index is 9.76. The molecule has 1 aromatic heterocycles.